The number of hydrogen-bond donors (Lipinski definition) is 1. The first-order valence-corrected chi connectivity index (χ1v) is 4.58. The average Bonchev–Trinajstić information content (AvgIpc) is 2.79. The molecule has 0 aromatic rings. The highest BCUT2D eigenvalue weighted by Gasteiger charge is 2.38. The van der Waals surface area contributed by atoms with Gasteiger partial charge >= 0.3 is 0 Å². The molecule has 0 amide bonds. The van der Waals surface area contributed by atoms with Gasteiger partial charge in [0.15, 0.2) is 5.78 Å². The van der Waals surface area contributed by atoms with Crippen molar-refractivity contribution in [2.24, 2.45) is 11.8 Å². The Labute approximate surface area is 71.7 Å². The van der Waals surface area contributed by atoms with Gasteiger partial charge in [0, 0.05) is 12.5 Å². The van der Waals surface area contributed by atoms with Crippen LogP contribution in [0.2, 0.25) is 0 Å². The first-order chi connectivity index (χ1) is 5.79. The van der Waals surface area contributed by atoms with Crippen LogP contribution in [0.25, 0.3) is 0 Å². The van der Waals surface area contributed by atoms with Gasteiger partial charge in [0.05, 0.1) is 6.61 Å². The quantitative estimate of drug-likeness (QED) is 0.665. The molecule has 0 bridgehead atoms. The fraction of sp³-hybridized carbons (Fsp3) is 0.889. The molecule has 1 saturated carbocycles. The maximum absolute atomic E-state index is 11.5. The van der Waals surface area contributed by atoms with Crippen LogP contribution in [-0.4, -0.2) is 30.2 Å². The summed E-state index contributed by atoms with van der Waals surface area (Å²) in [6.45, 7) is 1.19. The summed E-state index contributed by atoms with van der Waals surface area (Å²) in [6.07, 6.45) is 2.13. The molecule has 2 rings (SSSR count). The number of Topliss-reactive ketones (excluding diaryl/α,β-unsaturated/α-hetero) is 1. The van der Waals surface area contributed by atoms with Gasteiger partial charge in [-0.25, -0.2) is 0 Å². The summed E-state index contributed by atoms with van der Waals surface area (Å²) in [5.41, 5.74) is 0. The first kappa shape index (κ1) is 8.20. The zero-order valence-corrected chi connectivity index (χ0v) is 7.03. The molecular weight excluding hydrogens is 156 g/mol. The molecule has 1 saturated heterocycles. The highest BCUT2D eigenvalue weighted by Crippen LogP contribution is 2.34. The second kappa shape index (κ2) is 3.15. The Morgan fingerprint density at radius 3 is 2.67 bits per heavy atom. The average molecular weight is 170 g/mol. The van der Waals surface area contributed by atoms with Gasteiger partial charge in [0.2, 0.25) is 0 Å². The van der Waals surface area contributed by atoms with Crippen molar-refractivity contribution in [3.05, 3.63) is 0 Å². The van der Waals surface area contributed by atoms with Crippen molar-refractivity contribution in [1.29, 1.82) is 0 Å². The van der Waals surface area contributed by atoms with Crippen LogP contribution >= 0.6 is 0 Å². The lowest BCUT2D eigenvalue weighted by atomic mass is 9.97. The lowest BCUT2D eigenvalue weighted by Gasteiger charge is -2.11. The highest BCUT2D eigenvalue weighted by molar-refractivity contribution is 5.86. The number of rotatable bonds is 3. The van der Waals surface area contributed by atoms with Crippen LogP contribution in [-0.2, 0) is 9.53 Å². The highest BCUT2D eigenvalue weighted by atomic mass is 16.5. The second-order valence-corrected chi connectivity index (χ2v) is 3.75. The summed E-state index contributed by atoms with van der Waals surface area (Å²) in [6, 6.07) is 0. The van der Waals surface area contributed by atoms with Gasteiger partial charge in [0.25, 0.3) is 0 Å². The lowest BCUT2D eigenvalue weighted by Crippen LogP contribution is -2.29. The van der Waals surface area contributed by atoms with Crippen molar-refractivity contribution < 1.29 is 14.6 Å². The van der Waals surface area contributed by atoms with Gasteiger partial charge in [0.1, 0.15) is 6.10 Å². The van der Waals surface area contributed by atoms with Crippen LogP contribution in [0.5, 0.6) is 0 Å². The molecule has 68 valence electrons. The fourth-order valence-electron chi connectivity index (χ4n) is 1.64. The summed E-state index contributed by atoms with van der Waals surface area (Å²) >= 11 is 0. The normalized spacial score (nSPS) is 31.9. The monoisotopic (exact) mass is 170 g/mol. The van der Waals surface area contributed by atoms with Crippen molar-refractivity contribution in [2.75, 3.05) is 13.2 Å². The summed E-state index contributed by atoms with van der Waals surface area (Å²) < 4.78 is 5.10. The van der Waals surface area contributed by atoms with Gasteiger partial charge in [-0.1, -0.05) is 0 Å². The zero-order valence-electron chi connectivity index (χ0n) is 7.03. The molecule has 2 atom stereocenters. The van der Waals surface area contributed by atoms with E-state index >= 15 is 0 Å². The third kappa shape index (κ3) is 1.52. The number of hydrogen-bond acceptors (Lipinski definition) is 3. The first-order valence-electron chi connectivity index (χ1n) is 4.58. The maximum atomic E-state index is 11.5. The second-order valence-electron chi connectivity index (χ2n) is 3.75. The summed E-state index contributed by atoms with van der Waals surface area (Å²) in [5, 5.41) is 9.51. The van der Waals surface area contributed by atoms with E-state index in [0.717, 1.165) is 19.3 Å². The minimum Gasteiger partial charge on any atom is -0.385 e. The Bertz CT molecular complexity index is 176. The van der Waals surface area contributed by atoms with E-state index in [2.05, 4.69) is 0 Å². The summed E-state index contributed by atoms with van der Waals surface area (Å²) in [7, 11) is 0. The third-order valence-electron chi connectivity index (χ3n) is 2.69. The zero-order chi connectivity index (χ0) is 8.55. The predicted octanol–water partition coefficient (Wildman–Crippen LogP) is 0.363. The molecule has 12 heavy (non-hydrogen) atoms. The van der Waals surface area contributed by atoms with Gasteiger partial charge in [-0.05, 0) is 25.2 Å². The fourth-order valence-corrected chi connectivity index (χ4v) is 1.64. The summed E-state index contributed by atoms with van der Waals surface area (Å²) in [4.78, 5) is 11.5. The molecule has 2 fully saturated rings. The van der Waals surface area contributed by atoms with Crippen LogP contribution in [0.15, 0.2) is 0 Å². The van der Waals surface area contributed by atoms with Gasteiger partial charge in [-0.2, -0.15) is 0 Å². The molecule has 1 heterocycles. The van der Waals surface area contributed by atoms with Crippen molar-refractivity contribution in [3.63, 3.8) is 0 Å². The predicted molar refractivity (Wildman–Crippen MR) is 42.7 cm³/mol. The standard InChI is InChI=1S/C9H14O3/c10-8(6-1-2-6)9(11)7-3-4-12-5-7/h6-8,10H,1-5H2. The lowest BCUT2D eigenvalue weighted by molar-refractivity contribution is -0.132. The van der Waals surface area contributed by atoms with Crippen LogP contribution in [0, 0.1) is 11.8 Å². The summed E-state index contributed by atoms with van der Waals surface area (Å²) in [5.74, 6) is 0.244. The Hall–Kier alpha value is -0.410. The molecule has 3 heteroatoms. The Balaban J connectivity index is 1.88. The van der Waals surface area contributed by atoms with Crippen LogP contribution in [0.3, 0.4) is 0 Å². The van der Waals surface area contributed by atoms with Crippen molar-refractivity contribution in [3.8, 4) is 0 Å². The molecule has 0 aromatic carbocycles. The Morgan fingerprint density at radius 1 is 1.42 bits per heavy atom. The largest absolute Gasteiger partial charge is 0.385 e. The van der Waals surface area contributed by atoms with E-state index in [1.165, 1.54) is 0 Å². The molecule has 1 aliphatic heterocycles. The molecule has 2 unspecified atom stereocenters. The molecule has 0 spiro atoms. The Kier molecular flexibility index (Phi) is 2.15. The van der Waals surface area contributed by atoms with Gasteiger partial charge in [-0.15, -0.1) is 0 Å². The molecule has 0 radical (unpaired) electrons. The topological polar surface area (TPSA) is 46.5 Å². The number of aliphatic hydroxyl groups is 1. The molecule has 1 N–H and O–H groups in total. The van der Waals surface area contributed by atoms with Gasteiger partial charge < -0.3 is 9.84 Å². The van der Waals surface area contributed by atoms with Crippen molar-refractivity contribution in [2.45, 2.75) is 25.4 Å². The van der Waals surface area contributed by atoms with E-state index in [-0.39, 0.29) is 17.6 Å². The SMILES string of the molecule is O=C(C1CCOC1)C(O)C1CC1. The van der Waals surface area contributed by atoms with Crippen molar-refractivity contribution >= 4 is 5.78 Å². The van der Waals surface area contributed by atoms with Crippen LogP contribution in [0.4, 0.5) is 0 Å². The minimum absolute atomic E-state index is 0.00926. The Morgan fingerprint density at radius 2 is 2.17 bits per heavy atom. The third-order valence-corrected chi connectivity index (χ3v) is 2.69. The number of carbonyl (C=O) groups is 1. The minimum atomic E-state index is -0.698. The van der Waals surface area contributed by atoms with E-state index in [1.807, 2.05) is 0 Å². The van der Waals surface area contributed by atoms with E-state index in [1.54, 1.807) is 0 Å². The smallest absolute Gasteiger partial charge is 0.166 e. The van der Waals surface area contributed by atoms with Gasteiger partial charge in [-0.3, -0.25) is 4.79 Å². The maximum Gasteiger partial charge on any atom is 0.166 e. The molecule has 1 aliphatic carbocycles. The van der Waals surface area contributed by atoms with E-state index < -0.39 is 6.10 Å². The van der Waals surface area contributed by atoms with E-state index in [9.17, 15) is 9.90 Å². The van der Waals surface area contributed by atoms with Crippen LogP contribution in [0.1, 0.15) is 19.3 Å². The number of ether oxygens (including phenoxy) is 1. The number of ketones is 1. The molecule has 2 aliphatic rings. The molecule has 3 nitrogen and oxygen atoms in total. The van der Waals surface area contributed by atoms with Crippen molar-refractivity contribution in [1.82, 2.24) is 0 Å². The number of aliphatic hydroxyl groups excluding tert-OH is 1. The van der Waals surface area contributed by atoms with E-state index in [0.29, 0.717) is 13.2 Å². The number of carbonyl (C=O) groups excluding carboxylic acids is 1. The van der Waals surface area contributed by atoms with Crippen LogP contribution < -0.4 is 0 Å². The molecular formula is C9H14O3. The molecule has 0 aromatic heterocycles. The van der Waals surface area contributed by atoms with E-state index in [4.69, 9.17) is 4.74 Å².